The van der Waals surface area contributed by atoms with Crippen LogP contribution in [0.4, 0.5) is 0 Å². The molecule has 0 spiro atoms. The average Bonchev–Trinajstić information content (AvgIpc) is 2.92. The first-order valence-corrected chi connectivity index (χ1v) is 13.4. The summed E-state index contributed by atoms with van der Waals surface area (Å²) in [5, 5.41) is 10.1. The van der Waals surface area contributed by atoms with Crippen LogP contribution in [-0.4, -0.2) is 4.98 Å². The van der Waals surface area contributed by atoms with Crippen molar-refractivity contribution in [2.75, 3.05) is 0 Å². The van der Waals surface area contributed by atoms with Crippen LogP contribution in [0.5, 0.6) is 0 Å². The molecule has 0 saturated heterocycles. The molecule has 0 fully saturated rings. The molecule has 1 nitrogen and oxygen atoms in total. The van der Waals surface area contributed by atoms with Crippen LogP contribution in [0.25, 0.3) is 54.2 Å². The van der Waals surface area contributed by atoms with Gasteiger partial charge in [-0.3, -0.25) is 4.98 Å². The van der Waals surface area contributed by atoms with Crippen molar-refractivity contribution in [1.82, 2.24) is 4.98 Å². The maximum absolute atomic E-state index is 4.62. The number of aryl methyl sites for hydroxylation is 2. The molecule has 0 aliphatic carbocycles. The second kappa shape index (κ2) is 8.76. The number of nitrogens with zero attached hydrogens (tertiary/aromatic N) is 1. The van der Waals surface area contributed by atoms with E-state index >= 15 is 0 Å². The number of hydrogen-bond acceptors (Lipinski definition) is 2. The summed E-state index contributed by atoms with van der Waals surface area (Å²) in [4.78, 5) is 7.17. The lowest BCUT2D eigenvalue weighted by Crippen LogP contribution is -1.92. The summed E-state index contributed by atoms with van der Waals surface area (Å²) in [7, 11) is 0. The van der Waals surface area contributed by atoms with Gasteiger partial charge in [-0.05, 0) is 98.1 Å². The van der Waals surface area contributed by atoms with Crippen molar-refractivity contribution >= 4 is 54.9 Å². The van der Waals surface area contributed by atoms with Gasteiger partial charge in [-0.1, -0.05) is 90.6 Å². The minimum atomic E-state index is 1.19. The topological polar surface area (TPSA) is 12.9 Å². The van der Waals surface area contributed by atoms with Crippen molar-refractivity contribution in [2.45, 2.75) is 23.6 Å². The molecule has 7 aromatic rings. The Hall–Kier alpha value is -4.14. The van der Waals surface area contributed by atoms with Gasteiger partial charge in [0.05, 0.1) is 0 Å². The van der Waals surface area contributed by atoms with Gasteiger partial charge in [0.15, 0.2) is 0 Å². The zero-order valence-electron chi connectivity index (χ0n) is 20.8. The first-order valence-electron chi connectivity index (χ1n) is 12.6. The predicted octanol–water partition coefficient (Wildman–Crippen LogP) is 10.1. The highest BCUT2D eigenvalue weighted by Gasteiger charge is 2.19. The minimum Gasteiger partial charge on any atom is -0.264 e. The van der Waals surface area contributed by atoms with Crippen molar-refractivity contribution in [3.8, 4) is 11.1 Å². The second-order valence-corrected chi connectivity index (χ2v) is 10.9. The standard InChI is InChI=1S/C35H25NS/c1-22-17-23(2)19-25(18-22)37-35-30-14-8-7-13-29(30)34(33-21-36-16-15-31(33)35)32-20-24-9-3-4-10-26(24)27-11-5-6-12-28(27)32/h3-21H,1-2H3. The number of fused-ring (bicyclic) bond motifs is 5. The van der Waals surface area contributed by atoms with Gasteiger partial charge >= 0.3 is 0 Å². The van der Waals surface area contributed by atoms with Crippen LogP contribution >= 0.6 is 11.8 Å². The Kier molecular flexibility index (Phi) is 5.23. The summed E-state index contributed by atoms with van der Waals surface area (Å²) < 4.78 is 0. The number of benzene rings is 6. The first-order chi connectivity index (χ1) is 18.2. The Balaban J connectivity index is 1.61. The number of pyridine rings is 1. The van der Waals surface area contributed by atoms with Gasteiger partial charge in [0, 0.05) is 27.6 Å². The van der Waals surface area contributed by atoms with Crippen molar-refractivity contribution in [2.24, 2.45) is 0 Å². The van der Waals surface area contributed by atoms with E-state index in [1.54, 1.807) is 0 Å². The third-order valence-electron chi connectivity index (χ3n) is 7.23. The molecular weight excluding hydrogens is 466 g/mol. The third kappa shape index (κ3) is 3.68. The lowest BCUT2D eigenvalue weighted by atomic mass is 9.88. The second-order valence-electron chi connectivity index (χ2n) is 9.79. The molecule has 1 aromatic heterocycles. The molecule has 0 N–H and O–H groups in total. The Morgan fingerprint density at radius 1 is 0.541 bits per heavy atom. The Morgan fingerprint density at radius 3 is 1.95 bits per heavy atom. The van der Waals surface area contributed by atoms with Crippen LogP contribution in [0.3, 0.4) is 0 Å². The van der Waals surface area contributed by atoms with Crippen LogP contribution in [0.1, 0.15) is 11.1 Å². The average molecular weight is 492 g/mol. The van der Waals surface area contributed by atoms with Gasteiger partial charge < -0.3 is 0 Å². The Bertz CT molecular complexity index is 1910. The maximum Gasteiger partial charge on any atom is 0.0353 e. The summed E-state index contributed by atoms with van der Waals surface area (Å²) >= 11 is 1.86. The molecule has 0 aliphatic rings. The highest BCUT2D eigenvalue weighted by atomic mass is 32.2. The summed E-state index contributed by atoms with van der Waals surface area (Å²) in [5.74, 6) is 0. The molecule has 1 heterocycles. The van der Waals surface area contributed by atoms with E-state index in [1.807, 2.05) is 24.2 Å². The Labute approximate surface area is 220 Å². The van der Waals surface area contributed by atoms with E-state index in [9.17, 15) is 0 Å². The summed E-state index contributed by atoms with van der Waals surface area (Å²) in [5.41, 5.74) is 5.09. The molecule has 7 rings (SSSR count). The molecule has 0 bridgehead atoms. The smallest absolute Gasteiger partial charge is 0.0353 e. The third-order valence-corrected chi connectivity index (χ3v) is 8.34. The van der Waals surface area contributed by atoms with E-state index in [2.05, 4.69) is 122 Å². The fraction of sp³-hybridized carbons (Fsp3) is 0.0571. The predicted molar refractivity (Wildman–Crippen MR) is 160 cm³/mol. The van der Waals surface area contributed by atoms with Gasteiger partial charge in [-0.15, -0.1) is 0 Å². The number of aromatic nitrogens is 1. The van der Waals surface area contributed by atoms with Crippen LogP contribution < -0.4 is 0 Å². The Morgan fingerprint density at radius 2 is 1.16 bits per heavy atom. The molecule has 6 aromatic carbocycles. The van der Waals surface area contributed by atoms with Gasteiger partial charge in [-0.2, -0.15) is 0 Å². The monoisotopic (exact) mass is 491 g/mol. The lowest BCUT2D eigenvalue weighted by molar-refractivity contribution is 1.29. The molecule has 0 atom stereocenters. The molecule has 0 aliphatic heterocycles. The summed E-state index contributed by atoms with van der Waals surface area (Å²) in [6.07, 6.45) is 3.97. The zero-order valence-corrected chi connectivity index (χ0v) is 21.6. The SMILES string of the molecule is Cc1cc(C)cc(Sc2c3ccccc3c(-c3cc4ccccc4c4ccccc34)c3cnccc23)c1. The van der Waals surface area contributed by atoms with Crippen LogP contribution in [0.15, 0.2) is 125 Å². The van der Waals surface area contributed by atoms with E-state index in [0.717, 1.165) is 0 Å². The highest BCUT2D eigenvalue weighted by Crippen LogP contribution is 2.47. The molecule has 0 unspecified atom stereocenters. The van der Waals surface area contributed by atoms with Gasteiger partial charge in [0.1, 0.15) is 0 Å². The quantitative estimate of drug-likeness (QED) is 0.180. The molecule has 0 radical (unpaired) electrons. The fourth-order valence-corrected chi connectivity index (χ4v) is 7.05. The molecule has 0 saturated carbocycles. The van der Waals surface area contributed by atoms with Crippen molar-refractivity contribution in [1.29, 1.82) is 0 Å². The maximum atomic E-state index is 4.62. The largest absolute Gasteiger partial charge is 0.264 e. The van der Waals surface area contributed by atoms with Crippen molar-refractivity contribution in [3.05, 3.63) is 127 Å². The molecule has 176 valence electrons. The summed E-state index contributed by atoms with van der Waals surface area (Å²) in [6.45, 7) is 4.34. The van der Waals surface area contributed by atoms with E-state index in [1.165, 1.54) is 75.1 Å². The molecule has 37 heavy (non-hydrogen) atoms. The van der Waals surface area contributed by atoms with Crippen molar-refractivity contribution < 1.29 is 0 Å². The molecule has 0 amide bonds. The zero-order chi connectivity index (χ0) is 24.9. The number of hydrogen-bond donors (Lipinski definition) is 0. The molecular formula is C35H25NS. The van der Waals surface area contributed by atoms with Crippen LogP contribution in [0, 0.1) is 13.8 Å². The summed E-state index contributed by atoms with van der Waals surface area (Å²) in [6, 6.07) is 37.7. The number of rotatable bonds is 3. The van der Waals surface area contributed by atoms with E-state index in [-0.39, 0.29) is 0 Å². The lowest BCUT2D eigenvalue weighted by Gasteiger charge is -2.19. The van der Waals surface area contributed by atoms with Gasteiger partial charge in [0.2, 0.25) is 0 Å². The van der Waals surface area contributed by atoms with Gasteiger partial charge in [-0.25, -0.2) is 0 Å². The fourth-order valence-electron chi connectivity index (χ4n) is 5.75. The normalized spacial score (nSPS) is 11.6. The van der Waals surface area contributed by atoms with E-state index < -0.39 is 0 Å². The van der Waals surface area contributed by atoms with E-state index in [4.69, 9.17) is 0 Å². The highest BCUT2D eigenvalue weighted by molar-refractivity contribution is 7.99. The first kappa shape index (κ1) is 22.1. The van der Waals surface area contributed by atoms with Crippen LogP contribution in [0.2, 0.25) is 0 Å². The minimum absolute atomic E-state index is 1.19. The van der Waals surface area contributed by atoms with Gasteiger partial charge in [0.25, 0.3) is 0 Å². The van der Waals surface area contributed by atoms with E-state index in [0.29, 0.717) is 0 Å². The van der Waals surface area contributed by atoms with Crippen molar-refractivity contribution in [3.63, 3.8) is 0 Å². The van der Waals surface area contributed by atoms with Crippen LogP contribution in [-0.2, 0) is 0 Å². The molecule has 2 heteroatoms.